The monoisotopic (exact) mass is 947 g/mol. The Morgan fingerprint density at radius 1 is 0.796 bits per heavy atom. The standard InChI is InChI=1S/C35H48NSSi.C13H24O2.Ir/c1-10-27(11-2)32-19-29(18-28-14-12-13-15-31(28)32)33-34-30(16-17-36-33)26(9)35(37-34)38(20-23(3)4,21-24(5)6)22-25(7)8;1-5-10(6-2)12(14)9-13(15)11(7-3)8-4;/h12-17,19,23-25,27H,10-11,20-22H2,1-9H3;9-11,14H,5-8H2,1-4H3;/q-1;;/b;12-9-;. The molecule has 3 nitrogen and oxygen atoms in total. The molecule has 0 aliphatic rings. The van der Waals surface area contributed by atoms with Crippen LogP contribution in [0.3, 0.4) is 0 Å². The predicted molar refractivity (Wildman–Crippen MR) is 238 cm³/mol. The summed E-state index contributed by atoms with van der Waals surface area (Å²) in [7, 11) is -1.72. The van der Waals surface area contributed by atoms with Crippen LogP contribution in [-0.2, 0) is 24.9 Å². The number of hydrogen-bond donors (Lipinski definition) is 1. The van der Waals surface area contributed by atoms with Crippen LogP contribution in [0.15, 0.2) is 54.4 Å². The fourth-order valence-corrected chi connectivity index (χ4v) is 18.6. The van der Waals surface area contributed by atoms with Crippen molar-refractivity contribution in [1.82, 2.24) is 4.98 Å². The summed E-state index contributed by atoms with van der Waals surface area (Å²) in [6.07, 6.45) is 9.25. The molecule has 0 bridgehead atoms. The number of nitrogens with zero attached hydrogens (tertiary/aromatic N) is 1. The van der Waals surface area contributed by atoms with Crippen LogP contribution in [0.5, 0.6) is 0 Å². The number of aryl methyl sites for hydroxylation is 1. The van der Waals surface area contributed by atoms with E-state index < -0.39 is 8.07 Å². The van der Waals surface area contributed by atoms with Crippen LogP contribution >= 0.6 is 11.3 Å². The van der Waals surface area contributed by atoms with Gasteiger partial charge in [0.25, 0.3) is 0 Å². The Morgan fingerprint density at radius 2 is 1.33 bits per heavy atom. The Hall–Kier alpha value is -2.11. The van der Waals surface area contributed by atoms with Crippen LogP contribution in [0.4, 0.5) is 0 Å². The van der Waals surface area contributed by atoms with Gasteiger partial charge in [-0.1, -0.05) is 143 Å². The van der Waals surface area contributed by atoms with Crippen LogP contribution in [0.2, 0.25) is 18.1 Å². The van der Waals surface area contributed by atoms with E-state index in [9.17, 15) is 9.90 Å². The van der Waals surface area contributed by atoms with Gasteiger partial charge >= 0.3 is 0 Å². The number of aromatic nitrogens is 1. The number of ketones is 1. The van der Waals surface area contributed by atoms with E-state index in [1.807, 2.05) is 33.9 Å². The molecule has 1 radical (unpaired) electrons. The number of pyridine rings is 1. The molecule has 0 aliphatic heterocycles. The molecule has 4 aromatic rings. The van der Waals surface area contributed by atoms with Crippen LogP contribution in [0.25, 0.3) is 32.1 Å². The maximum Gasteiger partial charge on any atom is 0.162 e. The van der Waals surface area contributed by atoms with E-state index in [0.29, 0.717) is 5.92 Å². The number of benzene rings is 2. The largest absolute Gasteiger partial charge is 0.512 e. The van der Waals surface area contributed by atoms with E-state index in [2.05, 4.69) is 116 Å². The fraction of sp³-hybridized carbons (Fsp3) is 0.583. The van der Waals surface area contributed by atoms with Gasteiger partial charge in [0.05, 0.1) is 5.76 Å². The van der Waals surface area contributed by atoms with E-state index in [-0.39, 0.29) is 43.5 Å². The molecule has 0 fully saturated rings. The second-order valence-corrected chi connectivity index (χ2v) is 22.5. The summed E-state index contributed by atoms with van der Waals surface area (Å²) in [5.41, 5.74) is 5.27. The molecule has 2 aromatic carbocycles. The maximum absolute atomic E-state index is 11.7. The number of allylic oxidation sites excluding steroid dienone is 2. The normalized spacial score (nSPS) is 12.5. The molecule has 54 heavy (non-hydrogen) atoms. The molecule has 0 spiro atoms. The van der Waals surface area contributed by atoms with E-state index in [1.54, 1.807) is 4.50 Å². The van der Waals surface area contributed by atoms with E-state index >= 15 is 0 Å². The Labute approximate surface area is 348 Å². The van der Waals surface area contributed by atoms with Gasteiger partial charge in [0, 0.05) is 54.6 Å². The zero-order valence-electron chi connectivity index (χ0n) is 36.0. The van der Waals surface area contributed by atoms with Gasteiger partial charge in [-0.3, -0.25) is 9.78 Å². The minimum Gasteiger partial charge on any atom is -0.512 e. The number of thiophene rings is 1. The topological polar surface area (TPSA) is 50.2 Å². The van der Waals surface area contributed by atoms with E-state index in [4.69, 9.17) is 4.98 Å². The van der Waals surface area contributed by atoms with Crippen molar-refractivity contribution in [3.05, 3.63) is 71.6 Å². The van der Waals surface area contributed by atoms with Gasteiger partial charge in [-0.05, 0) is 77.8 Å². The number of hydrogen-bond acceptors (Lipinski definition) is 4. The second kappa shape index (κ2) is 22.6. The van der Waals surface area contributed by atoms with Crippen LogP contribution in [-0.4, -0.2) is 23.9 Å². The van der Waals surface area contributed by atoms with Crippen molar-refractivity contribution in [3.8, 4) is 11.3 Å². The Morgan fingerprint density at radius 3 is 1.83 bits per heavy atom. The number of fused-ring (bicyclic) bond motifs is 2. The van der Waals surface area contributed by atoms with Crippen LogP contribution in [0, 0.1) is 42.6 Å². The van der Waals surface area contributed by atoms with Crippen molar-refractivity contribution in [2.24, 2.45) is 29.6 Å². The van der Waals surface area contributed by atoms with Gasteiger partial charge in [0.2, 0.25) is 0 Å². The van der Waals surface area contributed by atoms with Gasteiger partial charge in [-0.15, -0.1) is 29.1 Å². The van der Waals surface area contributed by atoms with Crippen LogP contribution < -0.4 is 4.50 Å². The SMILES string of the molecule is CCC(CC)C(=O)/C=C(\O)C(CC)CC.CCC(CC)c1cc(-c2nccc3c(C)c([Si](CC(C)C)(CC(C)C)CC(C)C)sc23)[c-]c2ccccc12.[Ir]. The van der Waals surface area contributed by atoms with Gasteiger partial charge < -0.3 is 5.11 Å². The second-order valence-electron chi connectivity index (χ2n) is 16.9. The third-order valence-electron chi connectivity index (χ3n) is 11.3. The first-order chi connectivity index (χ1) is 25.2. The minimum atomic E-state index is -1.72. The summed E-state index contributed by atoms with van der Waals surface area (Å²) < 4.78 is 3.11. The van der Waals surface area contributed by atoms with Crippen molar-refractivity contribution in [3.63, 3.8) is 0 Å². The molecule has 0 aliphatic carbocycles. The molecule has 2 aromatic heterocycles. The molecule has 301 valence electrons. The summed E-state index contributed by atoms with van der Waals surface area (Å²) in [6.45, 7) is 29.7. The average molecular weight is 947 g/mol. The first-order valence-electron chi connectivity index (χ1n) is 21.0. The molecule has 0 saturated heterocycles. The molecule has 1 N–H and O–H groups in total. The third kappa shape index (κ3) is 11.9. The van der Waals surface area contributed by atoms with Crippen molar-refractivity contribution in [2.45, 2.75) is 153 Å². The minimum absolute atomic E-state index is 0. The molecule has 4 rings (SSSR count). The van der Waals surface area contributed by atoms with Gasteiger partial charge in [0.15, 0.2) is 5.78 Å². The van der Waals surface area contributed by atoms with Crippen molar-refractivity contribution in [1.29, 1.82) is 0 Å². The first-order valence-corrected chi connectivity index (χ1v) is 24.4. The van der Waals surface area contributed by atoms with E-state index in [0.717, 1.165) is 67.5 Å². The quantitative estimate of drug-likeness (QED) is 0.0468. The number of rotatable bonds is 18. The van der Waals surface area contributed by atoms with Gasteiger partial charge in [0.1, 0.15) is 8.07 Å². The Balaban J connectivity index is 0.000000536. The van der Waals surface area contributed by atoms with Crippen molar-refractivity contribution >= 4 is 50.6 Å². The number of carbonyl (C=O) groups is 1. The summed E-state index contributed by atoms with van der Waals surface area (Å²) in [4.78, 5) is 16.8. The van der Waals surface area contributed by atoms with Gasteiger partial charge in [-0.2, -0.15) is 11.3 Å². The summed E-state index contributed by atoms with van der Waals surface area (Å²) in [5.74, 6) is 3.26. The molecule has 2 heterocycles. The molecular formula is C48H72IrNO2SSi-. The Bertz CT molecular complexity index is 1750. The van der Waals surface area contributed by atoms with Gasteiger partial charge in [-0.25, -0.2) is 0 Å². The zero-order valence-corrected chi connectivity index (χ0v) is 40.2. The fourth-order valence-electron chi connectivity index (χ4n) is 8.95. The number of aliphatic hydroxyl groups excluding tert-OH is 1. The smallest absolute Gasteiger partial charge is 0.162 e. The predicted octanol–water partition coefficient (Wildman–Crippen LogP) is 14.6. The Kier molecular flexibility index (Phi) is 20.1. The van der Waals surface area contributed by atoms with E-state index in [1.165, 1.54) is 56.2 Å². The molecule has 0 saturated carbocycles. The molecule has 0 atom stereocenters. The van der Waals surface area contributed by atoms with Crippen molar-refractivity contribution in [2.75, 3.05) is 0 Å². The zero-order chi connectivity index (χ0) is 39.5. The summed E-state index contributed by atoms with van der Waals surface area (Å²) in [5, 5.41) is 13.7. The number of aliphatic hydroxyl groups is 1. The van der Waals surface area contributed by atoms with Crippen molar-refractivity contribution < 1.29 is 30.0 Å². The number of carbonyl (C=O) groups excluding carboxylic acids is 1. The summed E-state index contributed by atoms with van der Waals surface area (Å²) >= 11 is 2.09. The first kappa shape index (κ1) is 48.0. The maximum atomic E-state index is 11.7. The molecule has 0 unspecified atom stereocenters. The van der Waals surface area contributed by atoms with Crippen LogP contribution in [0.1, 0.15) is 139 Å². The molecule has 0 amide bonds. The average Bonchev–Trinajstić information content (AvgIpc) is 3.46. The molecule has 6 heteroatoms. The summed E-state index contributed by atoms with van der Waals surface area (Å²) in [6, 6.07) is 21.4. The third-order valence-corrected chi connectivity index (χ3v) is 20.2. The molecular weight excluding hydrogens is 875 g/mol.